The number of rotatable bonds is 6. The average Bonchev–Trinajstić information content (AvgIpc) is 2.91. The van der Waals surface area contributed by atoms with E-state index in [4.69, 9.17) is 19.8 Å². The summed E-state index contributed by atoms with van der Waals surface area (Å²) in [6.07, 6.45) is 3.00. The van der Waals surface area contributed by atoms with Crippen LogP contribution in [0, 0.1) is 0 Å². The zero-order valence-electron chi connectivity index (χ0n) is 17.8. The predicted octanol–water partition coefficient (Wildman–Crippen LogP) is 3.61. The van der Waals surface area contributed by atoms with Gasteiger partial charge in [-0.3, -0.25) is 0 Å². The molecular formula is C22H28BN3O4. The van der Waals surface area contributed by atoms with Crippen molar-refractivity contribution in [1.82, 2.24) is 10.3 Å². The molecule has 0 unspecified atom stereocenters. The molecule has 1 aliphatic rings. The van der Waals surface area contributed by atoms with Gasteiger partial charge in [0.15, 0.2) is 0 Å². The summed E-state index contributed by atoms with van der Waals surface area (Å²) in [5.74, 6) is 0.409. The first-order valence-corrected chi connectivity index (χ1v) is 9.88. The lowest BCUT2D eigenvalue weighted by molar-refractivity contribution is 0.00578. The largest absolute Gasteiger partial charge is 0.492 e. The Morgan fingerprint density at radius 2 is 1.83 bits per heavy atom. The standard InChI is InChI=1S/C22H28BN3O4/c1-21(2)22(3,4)30-23(29-21)18(12-17-10-11-25-19(24)13-17)14-26-20(27)28-15-16-8-6-5-7-9-16/h5-13H,14-15H2,1-4H3,(H2,24,25)(H,26,27). The maximum absolute atomic E-state index is 12.2. The van der Waals surface area contributed by atoms with Gasteiger partial charge in [0, 0.05) is 12.7 Å². The van der Waals surface area contributed by atoms with Crippen LogP contribution in [0.1, 0.15) is 38.8 Å². The summed E-state index contributed by atoms with van der Waals surface area (Å²) >= 11 is 0. The number of carbonyl (C=O) groups excluding carboxylic acids is 1. The van der Waals surface area contributed by atoms with Crippen LogP contribution < -0.4 is 11.1 Å². The maximum atomic E-state index is 12.2. The topological polar surface area (TPSA) is 95.7 Å². The highest BCUT2D eigenvalue weighted by Crippen LogP contribution is 2.38. The van der Waals surface area contributed by atoms with Crippen molar-refractivity contribution >= 4 is 25.1 Å². The quantitative estimate of drug-likeness (QED) is 0.708. The minimum atomic E-state index is -0.612. The van der Waals surface area contributed by atoms with Crippen molar-refractivity contribution in [3.05, 3.63) is 65.3 Å². The fraction of sp³-hybridized carbons (Fsp3) is 0.364. The first kappa shape index (κ1) is 21.9. The van der Waals surface area contributed by atoms with E-state index in [9.17, 15) is 4.79 Å². The summed E-state index contributed by atoms with van der Waals surface area (Å²) in [5, 5.41) is 2.78. The third kappa shape index (κ3) is 5.40. The molecule has 0 spiro atoms. The molecule has 3 rings (SSSR count). The number of amides is 1. The van der Waals surface area contributed by atoms with Gasteiger partial charge < -0.3 is 25.1 Å². The van der Waals surface area contributed by atoms with Gasteiger partial charge in [-0.15, -0.1) is 0 Å². The molecule has 0 atom stereocenters. The molecular weight excluding hydrogens is 381 g/mol. The summed E-state index contributed by atoms with van der Waals surface area (Å²) in [5.41, 5.74) is 7.31. The molecule has 3 N–H and O–H groups in total. The second kappa shape index (κ2) is 8.89. The van der Waals surface area contributed by atoms with Gasteiger partial charge in [0.25, 0.3) is 0 Å². The van der Waals surface area contributed by atoms with Crippen molar-refractivity contribution in [3.63, 3.8) is 0 Å². The van der Waals surface area contributed by atoms with Crippen LogP contribution in [0.15, 0.2) is 54.1 Å². The van der Waals surface area contributed by atoms with Crippen LogP contribution in [0.25, 0.3) is 6.08 Å². The number of nitrogens with zero attached hydrogens (tertiary/aromatic N) is 1. The van der Waals surface area contributed by atoms with Crippen LogP contribution in [0.5, 0.6) is 0 Å². The number of benzene rings is 1. The van der Waals surface area contributed by atoms with Gasteiger partial charge in [-0.25, -0.2) is 9.78 Å². The van der Waals surface area contributed by atoms with Gasteiger partial charge in [-0.1, -0.05) is 36.4 Å². The summed E-state index contributed by atoms with van der Waals surface area (Å²) in [6, 6.07) is 13.1. The Morgan fingerprint density at radius 1 is 1.17 bits per heavy atom. The molecule has 30 heavy (non-hydrogen) atoms. The van der Waals surface area contributed by atoms with E-state index in [1.807, 2.05) is 70.2 Å². The Hall–Kier alpha value is -2.84. The first-order chi connectivity index (χ1) is 14.2. The van der Waals surface area contributed by atoms with Gasteiger partial charge in [-0.2, -0.15) is 0 Å². The molecule has 1 saturated heterocycles. The van der Waals surface area contributed by atoms with Crippen LogP contribution in [0.2, 0.25) is 0 Å². The normalized spacial score (nSPS) is 17.6. The number of hydrogen-bond donors (Lipinski definition) is 2. The smallest absolute Gasteiger partial charge is 0.445 e. The Kier molecular flexibility index (Phi) is 6.48. The number of pyridine rings is 1. The minimum Gasteiger partial charge on any atom is -0.445 e. The Labute approximate surface area is 177 Å². The van der Waals surface area contributed by atoms with Crippen molar-refractivity contribution in [1.29, 1.82) is 0 Å². The fourth-order valence-electron chi connectivity index (χ4n) is 2.91. The summed E-state index contributed by atoms with van der Waals surface area (Å²) < 4.78 is 17.6. The van der Waals surface area contributed by atoms with Crippen LogP contribution in [-0.2, 0) is 20.7 Å². The lowest BCUT2D eigenvalue weighted by atomic mass is 9.77. The maximum Gasteiger partial charge on any atom is 0.492 e. The highest BCUT2D eigenvalue weighted by Gasteiger charge is 2.52. The molecule has 0 radical (unpaired) electrons. The number of hydrogen-bond acceptors (Lipinski definition) is 6. The third-order valence-corrected chi connectivity index (χ3v) is 5.36. The molecule has 1 aromatic carbocycles. The lowest BCUT2D eigenvalue weighted by Crippen LogP contribution is -2.41. The minimum absolute atomic E-state index is 0.198. The number of aromatic nitrogens is 1. The van der Waals surface area contributed by atoms with E-state index in [2.05, 4.69) is 10.3 Å². The first-order valence-electron chi connectivity index (χ1n) is 9.88. The van der Waals surface area contributed by atoms with Crippen molar-refractivity contribution in [3.8, 4) is 0 Å². The highest BCUT2D eigenvalue weighted by atomic mass is 16.7. The lowest BCUT2D eigenvalue weighted by Gasteiger charge is -2.32. The number of ether oxygens (including phenoxy) is 1. The average molecular weight is 409 g/mol. The number of alkyl carbamates (subject to hydrolysis) is 1. The van der Waals surface area contributed by atoms with Crippen LogP contribution in [0.3, 0.4) is 0 Å². The van der Waals surface area contributed by atoms with E-state index in [1.54, 1.807) is 12.3 Å². The molecule has 1 amide bonds. The fourth-order valence-corrected chi connectivity index (χ4v) is 2.91. The predicted molar refractivity (Wildman–Crippen MR) is 117 cm³/mol. The van der Waals surface area contributed by atoms with Gasteiger partial charge in [0.2, 0.25) is 0 Å². The zero-order chi connectivity index (χ0) is 21.8. The molecule has 1 aliphatic heterocycles. The number of carbonyl (C=O) groups is 1. The summed E-state index contributed by atoms with van der Waals surface area (Å²) in [6.45, 7) is 8.33. The van der Waals surface area contributed by atoms with Crippen molar-refractivity contribution in [2.24, 2.45) is 0 Å². The molecule has 158 valence electrons. The monoisotopic (exact) mass is 409 g/mol. The molecule has 8 heteroatoms. The van der Waals surface area contributed by atoms with Gasteiger partial charge in [0.1, 0.15) is 12.4 Å². The third-order valence-electron chi connectivity index (χ3n) is 5.36. The van der Waals surface area contributed by atoms with Crippen molar-refractivity contribution in [2.45, 2.75) is 45.5 Å². The number of nitrogens with one attached hydrogen (secondary N) is 1. The Bertz CT molecular complexity index is 900. The van der Waals surface area contributed by atoms with E-state index in [1.165, 1.54) is 0 Å². The molecule has 1 fully saturated rings. The molecule has 0 aliphatic carbocycles. The van der Waals surface area contributed by atoms with Crippen LogP contribution in [0.4, 0.5) is 10.6 Å². The van der Waals surface area contributed by atoms with Crippen LogP contribution in [-0.4, -0.2) is 35.9 Å². The molecule has 2 aromatic rings. The molecule has 2 heterocycles. The Balaban J connectivity index is 1.71. The van der Waals surface area contributed by atoms with E-state index in [0.29, 0.717) is 5.82 Å². The summed E-state index contributed by atoms with van der Waals surface area (Å²) in [7, 11) is -0.612. The van der Waals surface area contributed by atoms with Gasteiger partial charge in [0.05, 0.1) is 11.2 Å². The highest BCUT2D eigenvalue weighted by molar-refractivity contribution is 6.56. The summed E-state index contributed by atoms with van der Waals surface area (Å²) in [4.78, 5) is 16.2. The number of nitrogen functional groups attached to an aromatic ring is 1. The Morgan fingerprint density at radius 3 is 2.47 bits per heavy atom. The van der Waals surface area contributed by atoms with Gasteiger partial charge in [-0.05, 0) is 56.4 Å². The zero-order valence-corrected chi connectivity index (χ0v) is 17.8. The molecule has 7 nitrogen and oxygen atoms in total. The van der Waals surface area contributed by atoms with Crippen molar-refractivity contribution in [2.75, 3.05) is 12.3 Å². The molecule has 0 bridgehead atoms. The van der Waals surface area contributed by atoms with E-state index >= 15 is 0 Å². The SMILES string of the molecule is CC1(C)OB(C(=Cc2ccnc(N)c2)CNC(=O)OCc2ccccc2)OC1(C)C. The van der Waals surface area contributed by atoms with E-state index < -0.39 is 24.4 Å². The number of nitrogens with two attached hydrogens (primary N) is 1. The van der Waals surface area contributed by atoms with Crippen molar-refractivity contribution < 1.29 is 18.8 Å². The second-order valence-corrected chi connectivity index (χ2v) is 8.24. The molecule has 0 saturated carbocycles. The van der Waals surface area contributed by atoms with E-state index in [-0.39, 0.29) is 13.2 Å². The van der Waals surface area contributed by atoms with Crippen LogP contribution >= 0.6 is 0 Å². The van der Waals surface area contributed by atoms with E-state index in [0.717, 1.165) is 16.6 Å². The molecule has 1 aromatic heterocycles. The number of anilines is 1. The van der Waals surface area contributed by atoms with Gasteiger partial charge >= 0.3 is 13.2 Å². The second-order valence-electron chi connectivity index (χ2n) is 8.24.